The van der Waals surface area contributed by atoms with Gasteiger partial charge in [-0.2, -0.15) is 11.8 Å². The fraction of sp³-hybridized carbons (Fsp3) is 0.611. The highest BCUT2D eigenvalue weighted by atomic mass is 32.2. The Labute approximate surface area is 157 Å². The summed E-state index contributed by atoms with van der Waals surface area (Å²) in [6.45, 7) is 4.40. The summed E-state index contributed by atoms with van der Waals surface area (Å²) in [5.74, 6) is 1.96. The second-order valence-corrected chi connectivity index (χ2v) is 7.75. The van der Waals surface area contributed by atoms with Crippen LogP contribution in [0.1, 0.15) is 12.0 Å². The van der Waals surface area contributed by atoms with Crippen LogP contribution in [0.4, 0.5) is 8.78 Å². The van der Waals surface area contributed by atoms with E-state index in [4.69, 9.17) is 4.74 Å². The molecule has 1 atom stereocenters. The molecule has 2 fully saturated rings. The van der Waals surface area contributed by atoms with Crippen LogP contribution in [-0.2, 0) is 11.3 Å². The van der Waals surface area contributed by atoms with E-state index in [0.717, 1.165) is 62.9 Å². The molecule has 2 N–H and O–H groups in total. The van der Waals surface area contributed by atoms with Crippen molar-refractivity contribution in [3.63, 3.8) is 0 Å². The van der Waals surface area contributed by atoms with Crippen LogP contribution in [0, 0.1) is 11.6 Å². The average Bonchev–Trinajstić information content (AvgIpc) is 3.15. The van der Waals surface area contributed by atoms with Gasteiger partial charge in [-0.1, -0.05) is 0 Å². The summed E-state index contributed by atoms with van der Waals surface area (Å²) in [6, 6.07) is 3.47. The predicted octanol–water partition coefficient (Wildman–Crippen LogP) is 1.84. The van der Waals surface area contributed by atoms with Crippen molar-refractivity contribution in [2.75, 3.05) is 51.4 Å². The van der Waals surface area contributed by atoms with Gasteiger partial charge in [0.2, 0.25) is 0 Å². The van der Waals surface area contributed by atoms with Gasteiger partial charge < -0.3 is 15.4 Å². The van der Waals surface area contributed by atoms with Crippen molar-refractivity contribution >= 4 is 17.7 Å². The van der Waals surface area contributed by atoms with E-state index in [1.165, 1.54) is 6.07 Å². The van der Waals surface area contributed by atoms with E-state index in [-0.39, 0.29) is 17.6 Å². The first-order valence-electron chi connectivity index (χ1n) is 8.92. The molecule has 0 aliphatic carbocycles. The lowest BCUT2D eigenvalue weighted by Gasteiger charge is -2.43. The van der Waals surface area contributed by atoms with Gasteiger partial charge in [-0.15, -0.1) is 0 Å². The van der Waals surface area contributed by atoms with E-state index in [9.17, 15) is 8.78 Å². The molecule has 2 saturated heterocycles. The van der Waals surface area contributed by atoms with E-state index < -0.39 is 11.6 Å². The highest BCUT2D eigenvalue weighted by Gasteiger charge is 2.40. The number of ether oxygens (including phenoxy) is 1. The van der Waals surface area contributed by atoms with E-state index in [1.807, 2.05) is 11.8 Å². The monoisotopic (exact) mass is 384 g/mol. The molecule has 2 aliphatic rings. The molecule has 0 aromatic heterocycles. The number of hydrogen-bond donors (Lipinski definition) is 2. The molecule has 1 aromatic carbocycles. The number of thioether (sulfide) groups is 1. The van der Waals surface area contributed by atoms with Gasteiger partial charge in [0.05, 0.1) is 13.2 Å². The summed E-state index contributed by atoms with van der Waals surface area (Å²) in [6.07, 6.45) is 1.13. The number of benzene rings is 1. The van der Waals surface area contributed by atoms with Crippen LogP contribution < -0.4 is 10.6 Å². The van der Waals surface area contributed by atoms with Crippen molar-refractivity contribution in [2.45, 2.75) is 18.5 Å². The van der Waals surface area contributed by atoms with Gasteiger partial charge in [-0.3, -0.25) is 9.89 Å². The molecule has 144 valence electrons. The number of morpholine rings is 1. The van der Waals surface area contributed by atoms with E-state index in [1.54, 1.807) is 7.05 Å². The first-order valence-corrected chi connectivity index (χ1v) is 10.1. The number of aliphatic imine (C=N–C) groups is 1. The molecule has 0 bridgehead atoms. The summed E-state index contributed by atoms with van der Waals surface area (Å²) >= 11 is 1.97. The third-order valence-electron chi connectivity index (χ3n) is 5.03. The first kappa shape index (κ1) is 19.4. The van der Waals surface area contributed by atoms with Crippen LogP contribution in [0.2, 0.25) is 0 Å². The Morgan fingerprint density at radius 3 is 2.81 bits per heavy atom. The van der Waals surface area contributed by atoms with Crippen molar-refractivity contribution < 1.29 is 13.5 Å². The number of guanidine groups is 1. The lowest BCUT2D eigenvalue weighted by Crippen LogP contribution is -2.60. The molecule has 5 nitrogen and oxygen atoms in total. The molecule has 2 aliphatic heterocycles. The van der Waals surface area contributed by atoms with E-state index >= 15 is 0 Å². The Morgan fingerprint density at radius 1 is 1.31 bits per heavy atom. The summed E-state index contributed by atoms with van der Waals surface area (Å²) < 4.78 is 32.6. The molecule has 1 aromatic rings. The standard InChI is InChI=1S/C18H26F2N4OS/c1-21-17(22-11-14-10-15(19)2-3-16(14)20)23-12-18(4-9-26-13-18)24-5-7-25-8-6-24/h2-3,10H,4-9,11-13H2,1H3,(H2,21,22,23). The molecule has 1 unspecified atom stereocenters. The Hall–Kier alpha value is -1.38. The minimum absolute atomic E-state index is 0.0934. The molecule has 26 heavy (non-hydrogen) atoms. The van der Waals surface area contributed by atoms with Crippen LogP contribution >= 0.6 is 11.8 Å². The van der Waals surface area contributed by atoms with Gasteiger partial charge in [-0.05, 0) is 30.4 Å². The third-order valence-corrected chi connectivity index (χ3v) is 6.26. The summed E-state index contributed by atoms with van der Waals surface area (Å²) in [5.41, 5.74) is 0.378. The van der Waals surface area contributed by atoms with Gasteiger partial charge >= 0.3 is 0 Å². The quantitative estimate of drug-likeness (QED) is 0.599. The number of nitrogens with one attached hydrogen (secondary N) is 2. The normalized spacial score (nSPS) is 24.7. The van der Waals surface area contributed by atoms with Crippen LogP contribution in [0.15, 0.2) is 23.2 Å². The van der Waals surface area contributed by atoms with Crippen molar-refractivity contribution in [3.8, 4) is 0 Å². The summed E-state index contributed by atoms with van der Waals surface area (Å²) in [5, 5.41) is 6.46. The minimum atomic E-state index is -0.444. The number of halogens is 2. The third kappa shape index (κ3) is 4.66. The maximum absolute atomic E-state index is 13.8. The lowest BCUT2D eigenvalue weighted by atomic mass is 9.95. The van der Waals surface area contributed by atoms with Crippen molar-refractivity contribution in [3.05, 3.63) is 35.4 Å². The molecular formula is C18H26F2N4OS. The van der Waals surface area contributed by atoms with E-state index in [0.29, 0.717) is 5.96 Å². The van der Waals surface area contributed by atoms with Gasteiger partial charge in [0.25, 0.3) is 0 Å². The number of hydrogen-bond acceptors (Lipinski definition) is 4. The number of nitrogens with zero attached hydrogens (tertiary/aromatic N) is 2. The molecule has 0 amide bonds. The lowest BCUT2D eigenvalue weighted by molar-refractivity contribution is -0.0120. The molecular weight excluding hydrogens is 358 g/mol. The Balaban J connectivity index is 1.58. The average molecular weight is 384 g/mol. The first-order chi connectivity index (χ1) is 12.6. The van der Waals surface area contributed by atoms with Crippen molar-refractivity contribution in [1.82, 2.24) is 15.5 Å². The maximum Gasteiger partial charge on any atom is 0.191 e. The zero-order chi connectivity index (χ0) is 18.4. The van der Waals surface area contributed by atoms with Gasteiger partial charge in [0, 0.05) is 50.1 Å². The molecule has 8 heteroatoms. The molecule has 0 saturated carbocycles. The van der Waals surface area contributed by atoms with Crippen LogP contribution in [0.5, 0.6) is 0 Å². The fourth-order valence-electron chi connectivity index (χ4n) is 3.46. The smallest absolute Gasteiger partial charge is 0.191 e. The zero-order valence-electron chi connectivity index (χ0n) is 15.1. The Kier molecular flexibility index (Phi) is 6.72. The highest BCUT2D eigenvalue weighted by Crippen LogP contribution is 2.33. The second kappa shape index (κ2) is 9.01. The summed E-state index contributed by atoms with van der Waals surface area (Å²) in [7, 11) is 1.68. The fourth-order valence-corrected chi connectivity index (χ4v) is 4.94. The minimum Gasteiger partial charge on any atom is -0.379 e. The van der Waals surface area contributed by atoms with Gasteiger partial charge in [0.1, 0.15) is 11.6 Å². The molecule has 2 heterocycles. The maximum atomic E-state index is 13.8. The molecule has 3 rings (SSSR count). The topological polar surface area (TPSA) is 48.9 Å². The molecule has 0 spiro atoms. The largest absolute Gasteiger partial charge is 0.379 e. The van der Waals surface area contributed by atoms with Crippen molar-refractivity contribution in [2.24, 2.45) is 4.99 Å². The van der Waals surface area contributed by atoms with E-state index in [2.05, 4.69) is 20.5 Å². The van der Waals surface area contributed by atoms with Gasteiger partial charge in [0.15, 0.2) is 5.96 Å². The van der Waals surface area contributed by atoms with Crippen LogP contribution in [0.25, 0.3) is 0 Å². The summed E-state index contributed by atoms with van der Waals surface area (Å²) in [4.78, 5) is 6.74. The Bertz CT molecular complexity index is 632. The second-order valence-electron chi connectivity index (χ2n) is 6.64. The van der Waals surface area contributed by atoms with Crippen LogP contribution in [0.3, 0.4) is 0 Å². The molecule has 0 radical (unpaired) electrons. The highest BCUT2D eigenvalue weighted by molar-refractivity contribution is 7.99. The number of rotatable bonds is 5. The predicted molar refractivity (Wildman–Crippen MR) is 102 cm³/mol. The SMILES string of the molecule is CN=C(NCc1cc(F)ccc1F)NCC1(N2CCOCC2)CCSC1. The zero-order valence-corrected chi connectivity index (χ0v) is 15.9. The van der Waals surface area contributed by atoms with Gasteiger partial charge in [-0.25, -0.2) is 8.78 Å². The van der Waals surface area contributed by atoms with Crippen molar-refractivity contribution in [1.29, 1.82) is 0 Å². The van der Waals surface area contributed by atoms with Crippen LogP contribution in [-0.4, -0.2) is 67.8 Å². The Morgan fingerprint density at radius 2 is 2.12 bits per heavy atom.